The maximum Gasteiger partial charge on any atom is 0.128 e. The van der Waals surface area contributed by atoms with Crippen LogP contribution in [0.4, 0.5) is 4.39 Å². The van der Waals surface area contributed by atoms with E-state index in [9.17, 15) is 4.39 Å². The molecule has 0 aliphatic rings. The van der Waals surface area contributed by atoms with E-state index in [0.717, 1.165) is 5.56 Å². The van der Waals surface area contributed by atoms with Crippen molar-refractivity contribution in [2.45, 2.75) is 26.3 Å². The molecule has 0 heterocycles. The molecule has 0 fully saturated rings. The lowest BCUT2D eigenvalue weighted by Gasteiger charge is -2.14. The van der Waals surface area contributed by atoms with Gasteiger partial charge in [0.25, 0.3) is 0 Å². The van der Waals surface area contributed by atoms with Crippen molar-refractivity contribution in [3.05, 3.63) is 35.1 Å². The number of aryl methyl sites for hydroxylation is 1. The van der Waals surface area contributed by atoms with Crippen LogP contribution in [0.1, 0.15) is 30.5 Å². The van der Waals surface area contributed by atoms with E-state index in [1.54, 1.807) is 13.0 Å². The first-order valence-electron chi connectivity index (χ1n) is 5.02. The first kappa shape index (κ1) is 11.7. The summed E-state index contributed by atoms with van der Waals surface area (Å²) in [6.45, 7) is 3.67. The summed E-state index contributed by atoms with van der Waals surface area (Å²) in [5.41, 5.74) is 1.62. The molecule has 1 N–H and O–H groups in total. The molecule has 0 aromatic heterocycles. The van der Waals surface area contributed by atoms with Gasteiger partial charge in [-0.25, -0.2) is 4.39 Å². The summed E-state index contributed by atoms with van der Waals surface area (Å²) in [4.78, 5) is 0. The fourth-order valence-electron chi connectivity index (χ4n) is 1.49. The molecule has 80 valence electrons. The lowest BCUT2D eigenvalue weighted by atomic mass is 10.0. The Morgan fingerprint density at radius 2 is 2.20 bits per heavy atom. The Morgan fingerprint density at radius 3 is 2.73 bits per heavy atom. The number of rotatable bonds is 3. The van der Waals surface area contributed by atoms with Crippen molar-refractivity contribution in [1.82, 2.24) is 5.32 Å². The van der Waals surface area contributed by atoms with Gasteiger partial charge in [0, 0.05) is 18.0 Å². The van der Waals surface area contributed by atoms with Crippen molar-refractivity contribution in [3.8, 4) is 11.8 Å². The Morgan fingerprint density at radius 1 is 1.47 bits per heavy atom. The highest BCUT2D eigenvalue weighted by Crippen LogP contribution is 2.20. The second-order valence-electron chi connectivity index (χ2n) is 3.50. The summed E-state index contributed by atoms with van der Waals surface area (Å²) in [5, 5.41) is 3.07. The van der Waals surface area contributed by atoms with Gasteiger partial charge in [-0.15, -0.1) is 11.8 Å². The van der Waals surface area contributed by atoms with Crippen molar-refractivity contribution < 1.29 is 4.39 Å². The lowest BCUT2D eigenvalue weighted by Crippen LogP contribution is -2.17. The van der Waals surface area contributed by atoms with E-state index in [1.807, 2.05) is 26.1 Å². The summed E-state index contributed by atoms with van der Waals surface area (Å²) < 4.78 is 13.6. The van der Waals surface area contributed by atoms with E-state index < -0.39 is 0 Å². The zero-order valence-electron chi connectivity index (χ0n) is 9.39. The molecule has 0 saturated heterocycles. The quantitative estimate of drug-likeness (QED) is 0.748. The molecule has 2 heteroatoms. The van der Waals surface area contributed by atoms with E-state index in [-0.39, 0.29) is 11.9 Å². The summed E-state index contributed by atoms with van der Waals surface area (Å²) in [5.74, 6) is 5.62. The first-order valence-corrected chi connectivity index (χ1v) is 5.02. The van der Waals surface area contributed by atoms with Gasteiger partial charge >= 0.3 is 0 Å². The molecule has 1 aromatic carbocycles. The number of nitrogens with one attached hydrogen (secondary N) is 1. The molecule has 0 saturated carbocycles. The number of benzene rings is 1. The van der Waals surface area contributed by atoms with Crippen LogP contribution in [0.5, 0.6) is 0 Å². The molecule has 0 radical (unpaired) electrons. The molecule has 0 aliphatic carbocycles. The molecule has 0 aliphatic heterocycles. The molecule has 1 aromatic rings. The summed E-state index contributed by atoms with van der Waals surface area (Å²) in [6, 6.07) is 5.27. The largest absolute Gasteiger partial charge is 0.312 e. The SMILES string of the molecule is CC#CCC(NC)c1ccc(C)cc1F. The van der Waals surface area contributed by atoms with Crippen LogP contribution in [-0.2, 0) is 0 Å². The number of hydrogen-bond donors (Lipinski definition) is 1. The van der Waals surface area contributed by atoms with Gasteiger partial charge in [-0.05, 0) is 32.5 Å². The van der Waals surface area contributed by atoms with E-state index in [2.05, 4.69) is 17.2 Å². The Hall–Kier alpha value is -1.33. The van der Waals surface area contributed by atoms with Gasteiger partial charge in [0.1, 0.15) is 5.82 Å². The van der Waals surface area contributed by atoms with Crippen LogP contribution in [-0.4, -0.2) is 7.05 Å². The second kappa shape index (κ2) is 5.53. The highest BCUT2D eigenvalue weighted by Gasteiger charge is 2.12. The fraction of sp³-hybridized carbons (Fsp3) is 0.385. The third-order valence-corrected chi connectivity index (χ3v) is 2.36. The van der Waals surface area contributed by atoms with Gasteiger partial charge in [-0.1, -0.05) is 12.1 Å². The number of halogens is 1. The Kier molecular flexibility index (Phi) is 4.33. The first-order chi connectivity index (χ1) is 7.19. The molecular weight excluding hydrogens is 189 g/mol. The Labute approximate surface area is 90.7 Å². The van der Waals surface area contributed by atoms with Crippen molar-refractivity contribution >= 4 is 0 Å². The Bertz CT molecular complexity index is 387. The minimum atomic E-state index is -0.160. The van der Waals surface area contributed by atoms with Crippen LogP contribution >= 0.6 is 0 Å². The zero-order valence-corrected chi connectivity index (χ0v) is 9.39. The predicted molar refractivity (Wildman–Crippen MR) is 61.0 cm³/mol. The van der Waals surface area contributed by atoms with Crippen LogP contribution < -0.4 is 5.32 Å². The van der Waals surface area contributed by atoms with Gasteiger partial charge in [0.05, 0.1) is 0 Å². The number of hydrogen-bond acceptors (Lipinski definition) is 1. The van der Waals surface area contributed by atoms with Crippen molar-refractivity contribution in [2.24, 2.45) is 0 Å². The van der Waals surface area contributed by atoms with Gasteiger partial charge in [0.15, 0.2) is 0 Å². The topological polar surface area (TPSA) is 12.0 Å². The Balaban J connectivity index is 2.94. The van der Waals surface area contributed by atoms with Crippen molar-refractivity contribution in [3.63, 3.8) is 0 Å². The van der Waals surface area contributed by atoms with Crippen LogP contribution in [0.3, 0.4) is 0 Å². The smallest absolute Gasteiger partial charge is 0.128 e. The normalized spacial score (nSPS) is 11.7. The third-order valence-electron chi connectivity index (χ3n) is 2.36. The van der Waals surface area contributed by atoms with Gasteiger partial charge in [-0.3, -0.25) is 0 Å². The predicted octanol–water partition coefficient (Wildman–Crippen LogP) is 2.81. The average molecular weight is 205 g/mol. The summed E-state index contributed by atoms with van der Waals surface area (Å²) >= 11 is 0. The monoisotopic (exact) mass is 205 g/mol. The summed E-state index contributed by atoms with van der Waals surface area (Å²) in [7, 11) is 1.82. The standard InChI is InChI=1S/C13H16FN/c1-4-5-6-13(15-3)11-8-7-10(2)9-12(11)14/h7-9,13,15H,6H2,1-3H3. The molecular formula is C13H16FN. The average Bonchev–Trinajstić information content (AvgIpc) is 2.21. The minimum Gasteiger partial charge on any atom is -0.312 e. The van der Waals surface area contributed by atoms with Gasteiger partial charge < -0.3 is 5.32 Å². The van der Waals surface area contributed by atoms with Crippen molar-refractivity contribution in [1.29, 1.82) is 0 Å². The van der Waals surface area contributed by atoms with E-state index in [1.165, 1.54) is 0 Å². The fourth-order valence-corrected chi connectivity index (χ4v) is 1.49. The zero-order chi connectivity index (χ0) is 11.3. The summed E-state index contributed by atoms with van der Waals surface area (Å²) in [6.07, 6.45) is 0.632. The van der Waals surface area contributed by atoms with E-state index >= 15 is 0 Å². The van der Waals surface area contributed by atoms with Crippen molar-refractivity contribution in [2.75, 3.05) is 7.05 Å². The molecule has 1 unspecified atom stereocenters. The molecule has 15 heavy (non-hydrogen) atoms. The maximum absolute atomic E-state index is 13.6. The van der Waals surface area contributed by atoms with Crippen LogP contribution in [0.15, 0.2) is 18.2 Å². The molecule has 0 amide bonds. The lowest BCUT2D eigenvalue weighted by molar-refractivity contribution is 0.543. The molecule has 0 spiro atoms. The van der Waals surface area contributed by atoms with Gasteiger partial charge in [-0.2, -0.15) is 0 Å². The van der Waals surface area contributed by atoms with Gasteiger partial charge in [0.2, 0.25) is 0 Å². The van der Waals surface area contributed by atoms with E-state index in [4.69, 9.17) is 0 Å². The second-order valence-corrected chi connectivity index (χ2v) is 3.50. The molecule has 1 nitrogen and oxygen atoms in total. The highest BCUT2D eigenvalue weighted by atomic mass is 19.1. The van der Waals surface area contributed by atoms with Crippen LogP contribution in [0, 0.1) is 24.6 Å². The maximum atomic E-state index is 13.6. The molecule has 1 rings (SSSR count). The highest BCUT2D eigenvalue weighted by molar-refractivity contribution is 5.27. The third kappa shape index (κ3) is 3.07. The van der Waals surface area contributed by atoms with Crippen LogP contribution in [0.25, 0.3) is 0 Å². The molecule has 1 atom stereocenters. The minimum absolute atomic E-state index is 0.0296. The molecule has 0 bridgehead atoms. The van der Waals surface area contributed by atoms with Crippen LogP contribution in [0.2, 0.25) is 0 Å². The van der Waals surface area contributed by atoms with E-state index in [0.29, 0.717) is 12.0 Å².